The van der Waals surface area contributed by atoms with Crippen LogP contribution in [0.2, 0.25) is 0 Å². The molecule has 1 rings (SSSR count). The molecule has 0 radical (unpaired) electrons. The summed E-state index contributed by atoms with van der Waals surface area (Å²) < 4.78 is 0. The zero-order chi connectivity index (χ0) is 12.0. The highest BCUT2D eigenvalue weighted by Gasteiger charge is 2.06. The van der Waals surface area contributed by atoms with Gasteiger partial charge in [0.2, 0.25) is 0 Å². The highest BCUT2D eigenvalue weighted by atomic mass is 16.1. The molecule has 0 unspecified atom stereocenters. The van der Waals surface area contributed by atoms with Crippen LogP contribution < -0.4 is 10.6 Å². The van der Waals surface area contributed by atoms with Crippen LogP contribution in [0.25, 0.3) is 0 Å². The number of anilines is 1. The van der Waals surface area contributed by atoms with Crippen LogP contribution in [0.4, 0.5) is 5.69 Å². The fraction of sp³-hybridized carbons (Fsp3) is 0.462. The summed E-state index contributed by atoms with van der Waals surface area (Å²) in [5.41, 5.74) is 7.27. The molecule has 0 fully saturated rings. The summed E-state index contributed by atoms with van der Waals surface area (Å²) in [5, 5.41) is 0. The van der Waals surface area contributed by atoms with E-state index >= 15 is 0 Å². The van der Waals surface area contributed by atoms with Crippen molar-refractivity contribution in [3.8, 4) is 0 Å². The molecule has 0 spiro atoms. The number of ketones is 1. The van der Waals surface area contributed by atoms with Gasteiger partial charge < -0.3 is 10.6 Å². The van der Waals surface area contributed by atoms with Gasteiger partial charge in [0.15, 0.2) is 5.78 Å². The summed E-state index contributed by atoms with van der Waals surface area (Å²) in [6, 6.07) is 7.75. The van der Waals surface area contributed by atoms with Crippen molar-refractivity contribution in [3.05, 3.63) is 29.8 Å². The molecule has 0 saturated carbocycles. The standard InChI is InChI=1S/C13H20N2O/c1-3-15(4-2)12-7-5-11(6-8-12)13(16)9-10-14/h5-8H,3-4,9-10,14H2,1-2H3. The van der Waals surface area contributed by atoms with Gasteiger partial charge in [-0.25, -0.2) is 0 Å². The third-order valence-corrected chi connectivity index (χ3v) is 2.69. The second-order valence-electron chi connectivity index (χ2n) is 3.68. The van der Waals surface area contributed by atoms with Gasteiger partial charge in [0, 0.05) is 30.8 Å². The normalized spacial score (nSPS) is 10.2. The van der Waals surface area contributed by atoms with E-state index in [4.69, 9.17) is 5.73 Å². The minimum Gasteiger partial charge on any atom is -0.372 e. The van der Waals surface area contributed by atoms with Gasteiger partial charge in [-0.1, -0.05) is 0 Å². The van der Waals surface area contributed by atoms with Crippen LogP contribution in [0.15, 0.2) is 24.3 Å². The van der Waals surface area contributed by atoms with Crippen LogP contribution in [0.1, 0.15) is 30.6 Å². The van der Waals surface area contributed by atoms with Crippen molar-refractivity contribution in [1.29, 1.82) is 0 Å². The molecule has 0 heterocycles. The molecular weight excluding hydrogens is 200 g/mol. The first-order valence-electron chi connectivity index (χ1n) is 5.81. The van der Waals surface area contributed by atoms with Gasteiger partial charge in [-0.2, -0.15) is 0 Å². The van der Waals surface area contributed by atoms with Crippen molar-refractivity contribution < 1.29 is 4.79 Å². The van der Waals surface area contributed by atoms with E-state index in [2.05, 4.69) is 18.7 Å². The highest BCUT2D eigenvalue weighted by molar-refractivity contribution is 5.96. The summed E-state index contributed by atoms with van der Waals surface area (Å²) in [7, 11) is 0. The largest absolute Gasteiger partial charge is 0.372 e. The maximum Gasteiger partial charge on any atom is 0.164 e. The Morgan fingerprint density at radius 1 is 1.19 bits per heavy atom. The van der Waals surface area contributed by atoms with Gasteiger partial charge in [-0.15, -0.1) is 0 Å². The highest BCUT2D eigenvalue weighted by Crippen LogP contribution is 2.15. The number of carbonyl (C=O) groups is 1. The number of Topliss-reactive ketones (excluding diaryl/α,β-unsaturated/α-hetero) is 1. The molecule has 3 nitrogen and oxygen atoms in total. The summed E-state index contributed by atoms with van der Waals surface area (Å²) in [5.74, 6) is 0.119. The van der Waals surface area contributed by atoms with Crippen LogP contribution in [0.3, 0.4) is 0 Å². The monoisotopic (exact) mass is 220 g/mol. The van der Waals surface area contributed by atoms with E-state index in [9.17, 15) is 4.79 Å². The van der Waals surface area contributed by atoms with E-state index in [1.165, 1.54) is 0 Å². The van der Waals surface area contributed by atoms with E-state index in [1.807, 2.05) is 24.3 Å². The van der Waals surface area contributed by atoms with Crippen LogP contribution in [0.5, 0.6) is 0 Å². The van der Waals surface area contributed by atoms with Crippen molar-refractivity contribution in [2.45, 2.75) is 20.3 Å². The fourth-order valence-corrected chi connectivity index (χ4v) is 1.72. The number of nitrogens with two attached hydrogens (primary N) is 1. The number of hydrogen-bond acceptors (Lipinski definition) is 3. The van der Waals surface area contributed by atoms with E-state index in [-0.39, 0.29) is 5.78 Å². The molecule has 0 aliphatic heterocycles. The Hall–Kier alpha value is -1.35. The summed E-state index contributed by atoms with van der Waals surface area (Å²) in [6.45, 7) is 6.61. The first-order chi connectivity index (χ1) is 7.72. The van der Waals surface area contributed by atoms with Crippen LogP contribution in [0, 0.1) is 0 Å². The third kappa shape index (κ3) is 3.07. The van der Waals surface area contributed by atoms with E-state index < -0.39 is 0 Å². The molecule has 0 amide bonds. The van der Waals surface area contributed by atoms with Crippen molar-refractivity contribution in [2.24, 2.45) is 5.73 Å². The fourth-order valence-electron chi connectivity index (χ4n) is 1.72. The van der Waals surface area contributed by atoms with Crippen molar-refractivity contribution >= 4 is 11.5 Å². The molecule has 0 saturated heterocycles. The van der Waals surface area contributed by atoms with Crippen molar-refractivity contribution in [3.63, 3.8) is 0 Å². The van der Waals surface area contributed by atoms with E-state index in [1.54, 1.807) is 0 Å². The Morgan fingerprint density at radius 3 is 2.19 bits per heavy atom. The minimum atomic E-state index is 0.119. The number of nitrogens with zero attached hydrogens (tertiary/aromatic N) is 1. The molecular formula is C13H20N2O. The second-order valence-corrected chi connectivity index (χ2v) is 3.68. The average molecular weight is 220 g/mol. The Balaban J connectivity index is 2.78. The molecule has 0 aliphatic carbocycles. The van der Waals surface area contributed by atoms with Crippen molar-refractivity contribution in [2.75, 3.05) is 24.5 Å². The molecule has 16 heavy (non-hydrogen) atoms. The molecule has 0 aromatic heterocycles. The summed E-state index contributed by atoms with van der Waals surface area (Å²) in [6.07, 6.45) is 0.421. The minimum absolute atomic E-state index is 0.119. The van der Waals surface area contributed by atoms with Gasteiger partial charge in [0.1, 0.15) is 0 Å². The Kier molecular flexibility index (Phi) is 4.99. The lowest BCUT2D eigenvalue weighted by atomic mass is 10.1. The second kappa shape index (κ2) is 6.28. The molecule has 0 aliphatic rings. The number of rotatable bonds is 6. The van der Waals surface area contributed by atoms with Crippen molar-refractivity contribution in [1.82, 2.24) is 0 Å². The number of benzene rings is 1. The van der Waals surface area contributed by atoms with Gasteiger partial charge in [0.05, 0.1) is 0 Å². The summed E-state index contributed by atoms with van der Waals surface area (Å²) in [4.78, 5) is 13.8. The Bertz CT molecular complexity index is 328. The lowest BCUT2D eigenvalue weighted by molar-refractivity contribution is 0.0985. The Labute approximate surface area is 97.2 Å². The van der Waals surface area contributed by atoms with E-state index in [0.29, 0.717) is 13.0 Å². The Morgan fingerprint density at radius 2 is 1.75 bits per heavy atom. The molecule has 2 N–H and O–H groups in total. The molecule has 1 aromatic carbocycles. The smallest absolute Gasteiger partial charge is 0.164 e. The molecule has 88 valence electrons. The lowest BCUT2D eigenvalue weighted by Crippen LogP contribution is -2.21. The average Bonchev–Trinajstić information content (AvgIpc) is 2.32. The quantitative estimate of drug-likeness (QED) is 0.746. The molecule has 1 aromatic rings. The molecule has 3 heteroatoms. The predicted molar refractivity (Wildman–Crippen MR) is 68.0 cm³/mol. The maximum atomic E-state index is 11.6. The lowest BCUT2D eigenvalue weighted by Gasteiger charge is -2.20. The van der Waals surface area contributed by atoms with Gasteiger partial charge in [-0.05, 0) is 44.7 Å². The van der Waals surface area contributed by atoms with Gasteiger partial charge in [-0.3, -0.25) is 4.79 Å². The van der Waals surface area contributed by atoms with Gasteiger partial charge in [0.25, 0.3) is 0 Å². The first kappa shape index (κ1) is 12.7. The number of carbonyl (C=O) groups excluding carboxylic acids is 1. The predicted octanol–water partition coefficient (Wildman–Crippen LogP) is 2.06. The topological polar surface area (TPSA) is 46.3 Å². The zero-order valence-corrected chi connectivity index (χ0v) is 10.1. The number of hydrogen-bond donors (Lipinski definition) is 1. The maximum absolute atomic E-state index is 11.6. The van der Waals surface area contributed by atoms with Crippen LogP contribution in [-0.2, 0) is 0 Å². The summed E-state index contributed by atoms with van der Waals surface area (Å²) >= 11 is 0. The van der Waals surface area contributed by atoms with Gasteiger partial charge >= 0.3 is 0 Å². The van der Waals surface area contributed by atoms with Crippen LogP contribution >= 0.6 is 0 Å². The van der Waals surface area contributed by atoms with E-state index in [0.717, 1.165) is 24.3 Å². The SMILES string of the molecule is CCN(CC)c1ccc(C(=O)CCN)cc1. The first-order valence-corrected chi connectivity index (χ1v) is 5.81. The van der Waals surface area contributed by atoms with Crippen LogP contribution in [-0.4, -0.2) is 25.4 Å². The zero-order valence-electron chi connectivity index (χ0n) is 10.1. The third-order valence-electron chi connectivity index (χ3n) is 2.69. The molecule has 0 atom stereocenters. The molecule has 0 bridgehead atoms.